The van der Waals surface area contributed by atoms with Crippen LogP contribution in [0.15, 0.2) is 18.2 Å². The van der Waals surface area contributed by atoms with Crippen molar-refractivity contribution in [1.82, 2.24) is 15.3 Å². The van der Waals surface area contributed by atoms with Gasteiger partial charge in [0.05, 0.1) is 16.4 Å². The standard InChI is InChI=1S/C20H26Cl2N4/c1-3-4-10-23-11-9-18-16-6-5-12-26(20(16)25-14(2)24-18)19-8-7-15(21)13-17(19)22/h7-8,13,23H,3-6,9-12H2,1-2H3. The Bertz CT molecular complexity index is 764. The van der Waals surface area contributed by atoms with Crippen LogP contribution in [0, 0.1) is 6.92 Å². The predicted octanol–water partition coefficient (Wildman–Crippen LogP) is 5.11. The molecule has 140 valence electrons. The Morgan fingerprint density at radius 1 is 1.19 bits per heavy atom. The van der Waals surface area contributed by atoms with Crippen LogP contribution in [0.1, 0.15) is 43.3 Å². The fourth-order valence-corrected chi connectivity index (χ4v) is 3.92. The maximum Gasteiger partial charge on any atom is 0.140 e. The lowest BCUT2D eigenvalue weighted by atomic mass is 10.0. The van der Waals surface area contributed by atoms with Crippen molar-refractivity contribution >= 4 is 34.7 Å². The van der Waals surface area contributed by atoms with Crippen molar-refractivity contribution < 1.29 is 0 Å². The lowest BCUT2D eigenvalue weighted by Crippen LogP contribution is -2.28. The third-order valence-corrected chi connectivity index (χ3v) is 5.23. The highest BCUT2D eigenvalue weighted by atomic mass is 35.5. The first-order chi connectivity index (χ1) is 12.6. The fourth-order valence-electron chi connectivity index (χ4n) is 3.41. The fraction of sp³-hybridized carbons (Fsp3) is 0.500. The predicted molar refractivity (Wildman–Crippen MR) is 110 cm³/mol. The van der Waals surface area contributed by atoms with E-state index in [2.05, 4.69) is 17.1 Å². The lowest BCUT2D eigenvalue weighted by Gasteiger charge is -2.32. The van der Waals surface area contributed by atoms with Gasteiger partial charge in [0.2, 0.25) is 0 Å². The molecule has 6 heteroatoms. The average Bonchev–Trinajstić information content (AvgIpc) is 2.61. The van der Waals surface area contributed by atoms with Crippen LogP contribution in [0.2, 0.25) is 10.0 Å². The van der Waals surface area contributed by atoms with E-state index in [1.54, 1.807) is 6.07 Å². The molecule has 2 aromatic rings. The van der Waals surface area contributed by atoms with Crippen LogP contribution in [-0.4, -0.2) is 29.6 Å². The van der Waals surface area contributed by atoms with Crippen LogP contribution < -0.4 is 10.2 Å². The summed E-state index contributed by atoms with van der Waals surface area (Å²) in [6.07, 6.45) is 5.43. The zero-order valence-corrected chi connectivity index (χ0v) is 17.0. The first-order valence-electron chi connectivity index (χ1n) is 9.40. The molecule has 0 fully saturated rings. The summed E-state index contributed by atoms with van der Waals surface area (Å²) in [5, 5.41) is 4.81. The van der Waals surface area contributed by atoms with Crippen LogP contribution in [-0.2, 0) is 12.8 Å². The number of hydrogen-bond acceptors (Lipinski definition) is 4. The van der Waals surface area contributed by atoms with Gasteiger partial charge in [-0.1, -0.05) is 36.5 Å². The number of aromatic nitrogens is 2. The topological polar surface area (TPSA) is 41.1 Å². The summed E-state index contributed by atoms with van der Waals surface area (Å²) in [4.78, 5) is 11.7. The molecule has 0 unspecified atom stereocenters. The minimum Gasteiger partial charge on any atom is -0.325 e. The second-order valence-corrected chi connectivity index (χ2v) is 7.57. The molecule has 0 amide bonds. The summed E-state index contributed by atoms with van der Waals surface area (Å²) >= 11 is 12.5. The summed E-state index contributed by atoms with van der Waals surface area (Å²) in [6.45, 7) is 7.09. The number of unbranched alkanes of at least 4 members (excludes halogenated alkanes) is 1. The van der Waals surface area contributed by atoms with E-state index in [-0.39, 0.29) is 0 Å². The van der Waals surface area contributed by atoms with Gasteiger partial charge in [-0.15, -0.1) is 0 Å². The van der Waals surface area contributed by atoms with Crippen molar-refractivity contribution in [2.45, 2.75) is 46.0 Å². The molecule has 0 aliphatic carbocycles. The summed E-state index contributed by atoms with van der Waals surface area (Å²) in [5.41, 5.74) is 3.37. The van der Waals surface area contributed by atoms with E-state index < -0.39 is 0 Å². The molecule has 1 aromatic carbocycles. The van der Waals surface area contributed by atoms with Crippen molar-refractivity contribution in [3.8, 4) is 0 Å². The molecule has 4 nitrogen and oxygen atoms in total. The van der Waals surface area contributed by atoms with Gasteiger partial charge in [0.15, 0.2) is 0 Å². The van der Waals surface area contributed by atoms with Crippen LogP contribution >= 0.6 is 23.2 Å². The van der Waals surface area contributed by atoms with E-state index in [1.165, 1.54) is 18.4 Å². The molecule has 0 saturated carbocycles. The van der Waals surface area contributed by atoms with Crippen molar-refractivity contribution in [2.24, 2.45) is 0 Å². The second kappa shape index (κ2) is 9.03. The molecule has 0 radical (unpaired) electrons. The smallest absolute Gasteiger partial charge is 0.140 e. The molecule has 2 heterocycles. The molecular weight excluding hydrogens is 367 g/mol. The third-order valence-electron chi connectivity index (χ3n) is 4.69. The van der Waals surface area contributed by atoms with Gasteiger partial charge in [-0.25, -0.2) is 9.97 Å². The summed E-state index contributed by atoms with van der Waals surface area (Å²) in [7, 11) is 0. The maximum absolute atomic E-state index is 6.46. The monoisotopic (exact) mass is 392 g/mol. The van der Waals surface area contributed by atoms with Crippen LogP contribution in [0.3, 0.4) is 0 Å². The van der Waals surface area contributed by atoms with Gasteiger partial charge in [-0.2, -0.15) is 0 Å². The van der Waals surface area contributed by atoms with Crippen LogP contribution in [0.25, 0.3) is 0 Å². The Morgan fingerprint density at radius 3 is 2.81 bits per heavy atom. The number of halogens is 2. The number of anilines is 2. The highest BCUT2D eigenvalue weighted by molar-refractivity contribution is 6.36. The highest BCUT2D eigenvalue weighted by Crippen LogP contribution is 2.38. The largest absolute Gasteiger partial charge is 0.325 e. The van der Waals surface area contributed by atoms with Crippen LogP contribution in [0.4, 0.5) is 11.5 Å². The molecule has 3 rings (SSSR count). The normalized spacial score (nSPS) is 13.8. The zero-order chi connectivity index (χ0) is 18.5. The third kappa shape index (κ3) is 4.48. The van der Waals surface area contributed by atoms with E-state index in [0.717, 1.165) is 61.9 Å². The number of hydrogen-bond donors (Lipinski definition) is 1. The first-order valence-corrected chi connectivity index (χ1v) is 10.2. The van der Waals surface area contributed by atoms with Gasteiger partial charge >= 0.3 is 0 Å². The summed E-state index contributed by atoms with van der Waals surface area (Å²) in [5.74, 6) is 1.81. The molecule has 1 aliphatic rings. The van der Waals surface area contributed by atoms with E-state index >= 15 is 0 Å². The average molecular weight is 393 g/mol. The Balaban J connectivity index is 1.87. The van der Waals surface area contributed by atoms with E-state index in [0.29, 0.717) is 10.0 Å². The van der Waals surface area contributed by atoms with E-state index in [1.807, 2.05) is 19.1 Å². The van der Waals surface area contributed by atoms with Gasteiger partial charge in [0.25, 0.3) is 0 Å². The molecule has 0 bridgehead atoms. The van der Waals surface area contributed by atoms with Crippen LogP contribution in [0.5, 0.6) is 0 Å². The van der Waals surface area contributed by atoms with Gasteiger partial charge in [-0.3, -0.25) is 0 Å². The minimum absolute atomic E-state index is 0.647. The number of fused-ring (bicyclic) bond motifs is 1. The summed E-state index contributed by atoms with van der Waals surface area (Å²) in [6, 6.07) is 5.65. The van der Waals surface area contributed by atoms with Gasteiger partial charge in [0.1, 0.15) is 11.6 Å². The molecule has 0 spiro atoms. The molecule has 1 aliphatic heterocycles. The Kier molecular flexibility index (Phi) is 6.74. The SMILES string of the molecule is CCCCNCCc1nc(C)nc2c1CCCN2c1ccc(Cl)cc1Cl. The first kappa shape index (κ1) is 19.4. The number of nitrogens with zero attached hydrogens (tertiary/aromatic N) is 3. The molecule has 1 aromatic heterocycles. The van der Waals surface area contributed by atoms with E-state index in [9.17, 15) is 0 Å². The van der Waals surface area contributed by atoms with Crippen molar-refractivity contribution in [3.63, 3.8) is 0 Å². The Morgan fingerprint density at radius 2 is 2.04 bits per heavy atom. The molecule has 1 N–H and O–H groups in total. The molecule has 0 saturated heterocycles. The Labute approximate surface area is 165 Å². The Hall–Kier alpha value is -1.36. The number of nitrogens with one attached hydrogen (secondary N) is 1. The highest BCUT2D eigenvalue weighted by Gasteiger charge is 2.25. The van der Waals surface area contributed by atoms with Crippen molar-refractivity contribution in [1.29, 1.82) is 0 Å². The quantitative estimate of drug-likeness (QED) is 0.664. The van der Waals surface area contributed by atoms with Crippen molar-refractivity contribution in [3.05, 3.63) is 45.3 Å². The lowest BCUT2D eigenvalue weighted by molar-refractivity contribution is 0.628. The molecular formula is C20H26Cl2N4. The van der Waals surface area contributed by atoms with Gasteiger partial charge in [-0.05, 0) is 50.9 Å². The van der Waals surface area contributed by atoms with E-state index in [4.69, 9.17) is 33.2 Å². The molecule has 0 atom stereocenters. The zero-order valence-electron chi connectivity index (χ0n) is 15.5. The molecule has 26 heavy (non-hydrogen) atoms. The van der Waals surface area contributed by atoms with Crippen molar-refractivity contribution in [2.75, 3.05) is 24.5 Å². The summed E-state index contributed by atoms with van der Waals surface area (Å²) < 4.78 is 0. The number of aryl methyl sites for hydroxylation is 1. The maximum atomic E-state index is 6.46. The minimum atomic E-state index is 0.647. The number of rotatable bonds is 7. The number of benzene rings is 1. The van der Waals surface area contributed by atoms with Gasteiger partial charge in [0, 0.05) is 30.1 Å². The second-order valence-electron chi connectivity index (χ2n) is 6.72. The van der Waals surface area contributed by atoms with Gasteiger partial charge < -0.3 is 10.2 Å².